The predicted octanol–water partition coefficient (Wildman–Crippen LogP) is 4.73. The molecule has 37 heavy (non-hydrogen) atoms. The number of benzene rings is 1. The molecule has 0 saturated carbocycles. The highest BCUT2D eigenvalue weighted by molar-refractivity contribution is 9.10. The molecule has 0 radical (unpaired) electrons. The van der Waals surface area contributed by atoms with Crippen LogP contribution in [-0.2, 0) is 9.59 Å². The summed E-state index contributed by atoms with van der Waals surface area (Å²) in [4.78, 5) is 31.4. The summed E-state index contributed by atoms with van der Waals surface area (Å²) in [6, 6.07) is 13.2. The van der Waals surface area contributed by atoms with E-state index in [2.05, 4.69) is 42.5 Å². The van der Waals surface area contributed by atoms with E-state index in [0.717, 1.165) is 15.7 Å². The van der Waals surface area contributed by atoms with Crippen molar-refractivity contribution in [1.29, 1.82) is 5.26 Å². The Bertz CT molecular complexity index is 1460. The number of ketones is 1. The van der Waals surface area contributed by atoms with Gasteiger partial charge in [-0.25, -0.2) is 0 Å². The number of thioether (sulfide) groups is 1. The molecule has 3 N–H and O–H groups in total. The van der Waals surface area contributed by atoms with Gasteiger partial charge in [-0.1, -0.05) is 45.1 Å². The van der Waals surface area contributed by atoms with Crippen molar-refractivity contribution >= 4 is 61.5 Å². The fourth-order valence-electron chi connectivity index (χ4n) is 4.39. The van der Waals surface area contributed by atoms with Crippen molar-refractivity contribution in [3.63, 3.8) is 0 Å². The maximum Gasteiger partial charge on any atom is 0.234 e. The molecule has 1 aliphatic carbocycles. The van der Waals surface area contributed by atoms with E-state index >= 15 is 0 Å². The highest BCUT2D eigenvalue weighted by Gasteiger charge is 2.41. The van der Waals surface area contributed by atoms with Crippen LogP contribution in [0.1, 0.15) is 30.7 Å². The molecule has 3 heterocycles. The number of allylic oxidation sites excluding steroid dienone is 3. The molecular formula is C25H20BrN7O2S2. The van der Waals surface area contributed by atoms with Gasteiger partial charge in [0.05, 0.1) is 23.3 Å². The lowest BCUT2D eigenvalue weighted by Crippen LogP contribution is -2.38. The summed E-state index contributed by atoms with van der Waals surface area (Å²) in [7, 11) is 0. The molecule has 2 aliphatic rings. The molecule has 1 atom stereocenters. The SMILES string of the molecule is N#CC1=C(N)N(c2nnc(SCC(=O)Nc3ccc(Br)cc3)s2)C2=C(C(=O)CCC2)C1c1cccnc1. The molecule has 1 aromatic carbocycles. The van der Waals surface area contributed by atoms with Crippen LogP contribution in [-0.4, -0.2) is 32.6 Å². The Kier molecular flexibility index (Phi) is 7.36. The first kappa shape index (κ1) is 25.1. The summed E-state index contributed by atoms with van der Waals surface area (Å²) in [5.41, 5.74) is 9.58. The number of hydrogen-bond acceptors (Lipinski definition) is 10. The van der Waals surface area contributed by atoms with E-state index in [1.54, 1.807) is 23.4 Å². The minimum Gasteiger partial charge on any atom is -0.384 e. The Morgan fingerprint density at radius 1 is 1.27 bits per heavy atom. The largest absolute Gasteiger partial charge is 0.384 e. The lowest BCUT2D eigenvalue weighted by Gasteiger charge is -2.37. The molecule has 186 valence electrons. The van der Waals surface area contributed by atoms with Gasteiger partial charge >= 0.3 is 0 Å². The molecule has 0 fully saturated rings. The zero-order valence-corrected chi connectivity index (χ0v) is 22.6. The summed E-state index contributed by atoms with van der Waals surface area (Å²) < 4.78 is 1.50. The number of Topliss-reactive ketones (excluding diaryl/α,β-unsaturated/α-hetero) is 1. The van der Waals surface area contributed by atoms with Crippen LogP contribution in [0.2, 0.25) is 0 Å². The number of nitrogens with one attached hydrogen (secondary N) is 1. The maximum absolute atomic E-state index is 13.1. The number of rotatable bonds is 6. The van der Waals surface area contributed by atoms with Crippen LogP contribution in [0, 0.1) is 11.3 Å². The Balaban J connectivity index is 1.40. The Labute approximate surface area is 229 Å². The average Bonchev–Trinajstić information content (AvgIpc) is 3.37. The lowest BCUT2D eigenvalue weighted by atomic mass is 9.76. The number of aromatic nitrogens is 3. The molecule has 0 saturated heterocycles. The van der Waals surface area contributed by atoms with Crippen LogP contribution in [0.5, 0.6) is 0 Å². The van der Waals surface area contributed by atoms with Crippen LogP contribution in [0.15, 0.2) is 80.3 Å². The van der Waals surface area contributed by atoms with Gasteiger partial charge in [0.2, 0.25) is 11.0 Å². The van der Waals surface area contributed by atoms with Gasteiger partial charge < -0.3 is 11.1 Å². The predicted molar refractivity (Wildman–Crippen MR) is 146 cm³/mol. The zero-order chi connectivity index (χ0) is 25.9. The Morgan fingerprint density at radius 3 is 2.81 bits per heavy atom. The highest BCUT2D eigenvalue weighted by atomic mass is 79.9. The Morgan fingerprint density at radius 2 is 2.08 bits per heavy atom. The summed E-state index contributed by atoms with van der Waals surface area (Å²) in [6.45, 7) is 0. The van der Waals surface area contributed by atoms with Crippen LogP contribution in [0.3, 0.4) is 0 Å². The van der Waals surface area contributed by atoms with Crippen LogP contribution in [0.25, 0.3) is 0 Å². The van der Waals surface area contributed by atoms with E-state index in [1.165, 1.54) is 23.1 Å². The lowest BCUT2D eigenvalue weighted by molar-refractivity contribution is -0.116. The van der Waals surface area contributed by atoms with Gasteiger partial charge in [0.15, 0.2) is 10.1 Å². The second-order valence-corrected chi connectivity index (χ2v) is 11.4. The van der Waals surface area contributed by atoms with Crippen molar-refractivity contribution in [2.45, 2.75) is 29.5 Å². The average molecular weight is 595 g/mol. The molecule has 5 rings (SSSR count). The first-order valence-corrected chi connectivity index (χ1v) is 13.9. The summed E-state index contributed by atoms with van der Waals surface area (Å²) in [6.07, 6.45) is 5.02. The zero-order valence-electron chi connectivity index (χ0n) is 19.3. The van der Waals surface area contributed by atoms with Crippen molar-refractivity contribution in [3.05, 3.63) is 81.5 Å². The topological polar surface area (TPSA) is 138 Å². The van der Waals surface area contributed by atoms with Crippen molar-refractivity contribution in [2.75, 3.05) is 16.0 Å². The quantitative estimate of drug-likeness (QED) is 0.388. The number of nitrogens with two attached hydrogens (primary N) is 1. The van der Waals surface area contributed by atoms with Crippen LogP contribution < -0.4 is 16.0 Å². The number of carbonyl (C=O) groups is 2. The van der Waals surface area contributed by atoms with E-state index < -0.39 is 5.92 Å². The molecule has 12 heteroatoms. The molecule has 0 bridgehead atoms. The minimum absolute atomic E-state index is 0.0101. The second kappa shape index (κ2) is 10.8. The van der Waals surface area contributed by atoms with Gasteiger partial charge in [-0.05, 0) is 48.7 Å². The number of nitrogens with zero attached hydrogens (tertiary/aromatic N) is 5. The van der Waals surface area contributed by atoms with Gasteiger partial charge in [-0.15, -0.1) is 10.2 Å². The molecular weight excluding hydrogens is 574 g/mol. The monoisotopic (exact) mass is 593 g/mol. The second-order valence-electron chi connectivity index (χ2n) is 8.30. The number of amides is 1. The number of hydrogen-bond donors (Lipinski definition) is 2. The van der Waals surface area contributed by atoms with Crippen molar-refractivity contribution in [2.24, 2.45) is 5.73 Å². The number of anilines is 2. The number of carbonyl (C=O) groups excluding carboxylic acids is 2. The Hall–Kier alpha value is -3.53. The van der Waals surface area contributed by atoms with Crippen molar-refractivity contribution < 1.29 is 9.59 Å². The fraction of sp³-hybridized carbons (Fsp3) is 0.200. The van der Waals surface area contributed by atoms with E-state index in [-0.39, 0.29) is 28.8 Å². The van der Waals surface area contributed by atoms with E-state index in [0.29, 0.717) is 40.0 Å². The summed E-state index contributed by atoms with van der Waals surface area (Å²) >= 11 is 5.88. The van der Waals surface area contributed by atoms with Gasteiger partial charge in [0.25, 0.3) is 0 Å². The number of nitriles is 1. The van der Waals surface area contributed by atoms with Gasteiger partial charge in [-0.2, -0.15) is 5.26 Å². The molecule has 1 amide bonds. The van der Waals surface area contributed by atoms with Gasteiger partial charge in [0, 0.05) is 40.2 Å². The third kappa shape index (κ3) is 5.16. The smallest absolute Gasteiger partial charge is 0.234 e. The van der Waals surface area contributed by atoms with E-state index in [9.17, 15) is 14.9 Å². The molecule has 9 nitrogen and oxygen atoms in total. The number of halogens is 1. The first-order valence-electron chi connectivity index (χ1n) is 11.3. The van der Waals surface area contributed by atoms with Crippen LogP contribution in [0.4, 0.5) is 10.8 Å². The molecule has 1 aliphatic heterocycles. The number of pyridine rings is 1. The molecule has 3 aromatic rings. The molecule has 2 aromatic heterocycles. The highest BCUT2D eigenvalue weighted by Crippen LogP contribution is 2.46. The van der Waals surface area contributed by atoms with Crippen molar-refractivity contribution in [1.82, 2.24) is 15.2 Å². The third-order valence-corrected chi connectivity index (χ3v) is 8.54. The fourth-order valence-corrected chi connectivity index (χ4v) is 6.34. The van der Waals surface area contributed by atoms with Crippen molar-refractivity contribution in [3.8, 4) is 6.07 Å². The first-order chi connectivity index (χ1) is 18.0. The van der Waals surface area contributed by atoms with Gasteiger partial charge in [0.1, 0.15) is 5.82 Å². The minimum atomic E-state index is -0.568. The standard InChI is InChI=1S/C25H20BrN7O2S2/c26-15-6-8-16(9-7-15)30-20(35)13-36-25-32-31-24(37-25)33-18-4-1-5-19(34)22(18)21(17(11-27)23(33)28)14-3-2-10-29-12-14/h2-3,6-10,12,21H,1,4-5,13,28H2,(H,30,35). The van der Waals surface area contributed by atoms with Crippen LogP contribution >= 0.6 is 39.0 Å². The molecule has 1 unspecified atom stereocenters. The maximum atomic E-state index is 13.1. The molecule has 0 spiro atoms. The normalized spacial score (nSPS) is 17.5. The summed E-state index contributed by atoms with van der Waals surface area (Å²) in [5.74, 6) is -0.374. The summed E-state index contributed by atoms with van der Waals surface area (Å²) in [5, 5.41) is 21.9. The van der Waals surface area contributed by atoms with E-state index in [4.69, 9.17) is 5.73 Å². The van der Waals surface area contributed by atoms with Gasteiger partial charge in [-0.3, -0.25) is 19.5 Å². The van der Waals surface area contributed by atoms with E-state index in [1.807, 2.05) is 30.3 Å². The third-order valence-electron chi connectivity index (χ3n) is 5.97.